The van der Waals surface area contributed by atoms with E-state index in [-0.39, 0.29) is 5.41 Å². The first-order valence-electron chi connectivity index (χ1n) is 9.70. The van der Waals surface area contributed by atoms with Crippen LogP contribution >= 0.6 is 22.7 Å². The van der Waals surface area contributed by atoms with Crippen LogP contribution in [-0.4, -0.2) is 31.5 Å². The second kappa shape index (κ2) is 11.1. The lowest BCUT2D eigenvalue weighted by atomic mass is 9.92. The van der Waals surface area contributed by atoms with Gasteiger partial charge >= 0.3 is 5.51 Å². The average Bonchev–Trinajstić information content (AvgIpc) is 3.10. The Morgan fingerprint density at radius 3 is 1.79 bits per heavy atom. The molecule has 1 radical (unpaired) electrons. The Bertz CT molecular complexity index is 1090. The number of benzene rings is 2. The van der Waals surface area contributed by atoms with E-state index in [0.717, 1.165) is 5.75 Å². The molecular formula is C21H24F3N2O3S3Si. The van der Waals surface area contributed by atoms with Crippen LogP contribution in [0.1, 0.15) is 31.3 Å². The maximum atomic E-state index is 10.7. The van der Waals surface area contributed by atoms with Gasteiger partial charge in [-0.05, 0) is 14.4 Å². The third-order valence-electron chi connectivity index (χ3n) is 4.16. The first kappa shape index (κ1) is 27.5. The minimum absolute atomic E-state index is 0.0834. The van der Waals surface area contributed by atoms with Crippen LogP contribution in [0.5, 0.6) is 0 Å². The number of rotatable bonds is 5. The number of alkyl halides is 3. The van der Waals surface area contributed by atoms with E-state index in [9.17, 15) is 13.2 Å². The van der Waals surface area contributed by atoms with Gasteiger partial charge < -0.3 is 4.55 Å². The number of hydrogen-bond donors (Lipinski definition) is 0. The fourth-order valence-corrected chi connectivity index (χ4v) is 9.06. The monoisotopic (exact) mass is 533 g/mol. The molecule has 0 aliphatic carbocycles. The zero-order valence-corrected chi connectivity index (χ0v) is 21.9. The normalized spacial score (nSPS) is 12.4. The Kier molecular flexibility index (Phi) is 9.28. The number of aromatic nitrogens is 2. The van der Waals surface area contributed by atoms with Gasteiger partial charge in [0.05, 0.1) is 0 Å². The van der Waals surface area contributed by atoms with Crippen LogP contribution in [0, 0.1) is 0 Å². The lowest BCUT2D eigenvalue weighted by Crippen LogP contribution is -2.39. The van der Waals surface area contributed by atoms with Crippen molar-refractivity contribution in [2.75, 3.05) is 0 Å². The van der Waals surface area contributed by atoms with Gasteiger partial charge in [-0.1, -0.05) is 81.4 Å². The number of nitrogens with zero attached hydrogens (tertiary/aromatic N) is 2. The summed E-state index contributed by atoms with van der Waals surface area (Å²) in [5.74, 6) is 1.02. The van der Waals surface area contributed by atoms with Gasteiger partial charge in [-0.25, -0.2) is 8.42 Å². The van der Waals surface area contributed by atoms with E-state index in [0.29, 0.717) is 0 Å². The molecule has 0 bridgehead atoms. The van der Waals surface area contributed by atoms with Crippen LogP contribution in [0.2, 0.25) is 0 Å². The lowest BCUT2D eigenvalue weighted by Gasteiger charge is -2.17. The van der Waals surface area contributed by atoms with Crippen LogP contribution in [-0.2, 0) is 28.3 Å². The lowest BCUT2D eigenvalue weighted by molar-refractivity contribution is -0.664. The fourth-order valence-electron chi connectivity index (χ4n) is 2.73. The van der Waals surface area contributed by atoms with E-state index >= 15 is 0 Å². The molecule has 0 aliphatic heterocycles. The molecule has 0 fully saturated rings. The van der Waals surface area contributed by atoms with E-state index < -0.39 is 23.6 Å². The molecule has 0 amide bonds. The van der Waals surface area contributed by atoms with Crippen molar-refractivity contribution in [3.8, 4) is 0 Å². The van der Waals surface area contributed by atoms with E-state index in [1.165, 1.54) is 20.9 Å². The van der Waals surface area contributed by atoms with Crippen LogP contribution in [0.15, 0.2) is 60.7 Å². The van der Waals surface area contributed by atoms with Gasteiger partial charge in [0.1, 0.15) is 10.6 Å². The molecule has 0 aliphatic rings. The summed E-state index contributed by atoms with van der Waals surface area (Å²) in [5, 5.41) is 7.65. The molecule has 3 rings (SSSR count). The highest BCUT2D eigenvalue weighted by Gasteiger charge is 2.37. The van der Waals surface area contributed by atoms with Crippen molar-refractivity contribution in [3.05, 3.63) is 71.2 Å². The first-order valence-corrected chi connectivity index (χ1v) is 15.1. The van der Waals surface area contributed by atoms with Gasteiger partial charge in [0, 0.05) is 16.3 Å². The van der Waals surface area contributed by atoms with Crippen molar-refractivity contribution >= 4 is 51.2 Å². The van der Waals surface area contributed by atoms with Crippen LogP contribution in [0.3, 0.4) is 0 Å². The van der Waals surface area contributed by atoms with Crippen molar-refractivity contribution in [2.24, 2.45) is 7.05 Å². The van der Waals surface area contributed by atoms with Crippen molar-refractivity contribution in [2.45, 2.75) is 37.4 Å². The van der Waals surface area contributed by atoms with Crippen LogP contribution in [0.25, 0.3) is 0 Å². The summed E-state index contributed by atoms with van der Waals surface area (Å²) >= 11 is 3.86. The van der Waals surface area contributed by atoms with E-state index in [1.807, 2.05) is 11.1 Å². The van der Waals surface area contributed by atoms with Crippen molar-refractivity contribution in [1.29, 1.82) is 0 Å². The minimum Gasteiger partial charge on any atom is -0.741 e. The maximum absolute atomic E-state index is 10.7. The Labute approximate surface area is 201 Å². The highest BCUT2D eigenvalue weighted by Crippen LogP contribution is 2.28. The molecule has 3 aromatic rings. The van der Waals surface area contributed by atoms with Gasteiger partial charge in [0.25, 0.3) is 0 Å². The fraction of sp³-hybridized carbons (Fsp3) is 0.333. The quantitative estimate of drug-likeness (QED) is 0.218. The first-order chi connectivity index (χ1) is 15.2. The van der Waals surface area contributed by atoms with E-state index in [2.05, 4.69) is 92.6 Å². The summed E-state index contributed by atoms with van der Waals surface area (Å²) in [6, 6.07) is 21.9. The summed E-state index contributed by atoms with van der Waals surface area (Å²) in [5.41, 5.74) is -4.33. The molecule has 0 N–H and O–H groups in total. The topological polar surface area (TPSA) is 74.0 Å². The van der Waals surface area contributed by atoms with Crippen LogP contribution in [0.4, 0.5) is 13.2 Å². The summed E-state index contributed by atoms with van der Waals surface area (Å²) in [6.07, 6.45) is 0. The Balaban J connectivity index is 0.000000414. The molecule has 1 aromatic heterocycles. The molecule has 179 valence electrons. The van der Waals surface area contributed by atoms with Crippen molar-refractivity contribution in [1.82, 2.24) is 5.10 Å². The molecule has 0 atom stereocenters. The number of halogens is 3. The SMILES string of the molecule is C[n+]1nc(C(C)(C)C)c(CS[Si](c2ccccc2)c2ccccc2)s1.O=S(=O)([O-])C(F)(F)F. The van der Waals surface area contributed by atoms with Gasteiger partial charge in [-0.2, -0.15) is 24.4 Å². The van der Waals surface area contributed by atoms with Crippen molar-refractivity contribution in [3.63, 3.8) is 0 Å². The second-order valence-corrected chi connectivity index (χ2v) is 15.0. The largest absolute Gasteiger partial charge is 0.741 e. The smallest absolute Gasteiger partial charge is 0.485 e. The average molecular weight is 534 g/mol. The molecule has 0 saturated carbocycles. The van der Waals surface area contributed by atoms with E-state index in [1.54, 1.807) is 11.5 Å². The minimum atomic E-state index is -6.09. The van der Waals surface area contributed by atoms with Gasteiger partial charge in [-0.15, -0.1) is 0 Å². The Morgan fingerprint density at radius 1 is 1.00 bits per heavy atom. The highest BCUT2D eigenvalue weighted by atomic mass is 32.4. The third kappa shape index (κ3) is 8.21. The van der Waals surface area contributed by atoms with Gasteiger partial charge in [0.15, 0.2) is 36.6 Å². The Morgan fingerprint density at radius 2 is 1.42 bits per heavy atom. The van der Waals surface area contributed by atoms with E-state index in [4.69, 9.17) is 18.1 Å². The molecule has 5 nitrogen and oxygen atoms in total. The number of hydrogen-bond acceptors (Lipinski definition) is 6. The predicted octanol–water partition coefficient (Wildman–Crippen LogP) is 3.36. The predicted molar refractivity (Wildman–Crippen MR) is 127 cm³/mol. The standard InChI is InChI=1S/C20H24N2S2Si.CHF3O3S/c1-20(2,3)19-18(24-22(4)21-19)15-23-25(16-11-7-5-8-12-16)17-13-9-6-10-14-17;2-1(3,4)8(5,6)7/h5-14H,15H2,1-4H3;(H,5,6,7)/q+1;/p-1. The Hall–Kier alpha value is -1.73. The number of aryl methyl sites for hydroxylation is 1. The molecule has 0 spiro atoms. The molecule has 1 heterocycles. The summed E-state index contributed by atoms with van der Waals surface area (Å²) in [6.45, 7) is 6.74. The third-order valence-corrected chi connectivity index (χ3v) is 11.0. The van der Waals surface area contributed by atoms with Crippen LogP contribution < -0.4 is 14.4 Å². The second-order valence-electron chi connectivity index (χ2n) is 7.93. The summed E-state index contributed by atoms with van der Waals surface area (Å²) in [7, 11) is -4.92. The van der Waals surface area contributed by atoms with Gasteiger partial charge in [0.2, 0.25) is 0 Å². The highest BCUT2D eigenvalue weighted by molar-refractivity contribution is 8.27. The maximum Gasteiger partial charge on any atom is 0.485 e. The molecule has 0 unspecified atom stereocenters. The molecule has 2 aromatic carbocycles. The molecule has 12 heteroatoms. The molecule has 0 saturated heterocycles. The zero-order chi connectivity index (χ0) is 24.9. The van der Waals surface area contributed by atoms with Crippen molar-refractivity contribution < 1.29 is 30.2 Å². The zero-order valence-electron chi connectivity index (χ0n) is 18.5. The van der Waals surface area contributed by atoms with Gasteiger partial charge in [-0.3, -0.25) is 0 Å². The summed E-state index contributed by atoms with van der Waals surface area (Å²) in [4.78, 5) is 1.40. The molecular weight excluding hydrogens is 510 g/mol. The molecule has 33 heavy (non-hydrogen) atoms. The summed E-state index contributed by atoms with van der Waals surface area (Å²) < 4.78 is 60.9.